The molecule has 2 heterocycles. The van der Waals surface area contributed by atoms with Gasteiger partial charge in [-0.25, -0.2) is 0 Å². The molecular weight excluding hydrogens is 220 g/mol. The molecule has 2 fully saturated rings. The van der Waals surface area contributed by atoms with Crippen LogP contribution in [-0.2, 0) is 4.74 Å². The van der Waals surface area contributed by atoms with Gasteiger partial charge in [-0.3, -0.25) is 4.90 Å². The number of ether oxygens (including phenoxy) is 1. The van der Waals surface area contributed by atoms with E-state index in [0.717, 1.165) is 32.1 Å². The molecule has 4 heteroatoms. The first kappa shape index (κ1) is 12.3. The molecule has 0 aromatic heterocycles. The Morgan fingerprint density at radius 1 is 1.25 bits per heavy atom. The number of rotatable bonds is 3. The van der Waals surface area contributed by atoms with Gasteiger partial charge >= 0.3 is 0 Å². The first-order valence-corrected chi connectivity index (χ1v) is 6.79. The van der Waals surface area contributed by atoms with E-state index in [9.17, 15) is 0 Å². The molecule has 0 aromatic carbocycles. The van der Waals surface area contributed by atoms with Crippen molar-refractivity contribution in [1.29, 1.82) is 0 Å². The zero-order valence-corrected chi connectivity index (χ0v) is 10.7. The van der Waals surface area contributed by atoms with Crippen LogP contribution in [0.2, 0.25) is 0 Å². The summed E-state index contributed by atoms with van der Waals surface area (Å²) in [5, 5.41) is 0. The molecule has 16 heavy (non-hydrogen) atoms. The summed E-state index contributed by atoms with van der Waals surface area (Å²) in [5.74, 6) is 0.781. The Bertz CT molecular complexity index is 241. The van der Waals surface area contributed by atoms with Gasteiger partial charge in [-0.1, -0.05) is 18.6 Å². The molecule has 0 spiro atoms. The highest BCUT2D eigenvalue weighted by Crippen LogP contribution is 2.22. The molecule has 2 aliphatic heterocycles. The molecule has 0 saturated carbocycles. The van der Waals surface area contributed by atoms with Crippen molar-refractivity contribution >= 4 is 17.2 Å². The molecule has 0 radical (unpaired) electrons. The van der Waals surface area contributed by atoms with E-state index in [1.165, 1.54) is 32.2 Å². The molecule has 2 N–H and O–H groups in total. The Morgan fingerprint density at radius 2 is 2.00 bits per heavy atom. The largest absolute Gasteiger partial charge is 0.392 e. The van der Waals surface area contributed by atoms with Gasteiger partial charge in [0.05, 0.1) is 11.0 Å². The summed E-state index contributed by atoms with van der Waals surface area (Å²) in [6, 6.07) is 0.353. The van der Waals surface area contributed by atoms with Gasteiger partial charge in [0.25, 0.3) is 0 Å². The minimum atomic E-state index is 0.353. The molecular formula is C12H22N2OS. The Kier molecular flexibility index (Phi) is 4.55. The van der Waals surface area contributed by atoms with Crippen molar-refractivity contribution in [3.63, 3.8) is 0 Å². The van der Waals surface area contributed by atoms with E-state index >= 15 is 0 Å². The van der Waals surface area contributed by atoms with Crippen LogP contribution in [0.25, 0.3) is 0 Å². The third-order valence-electron chi connectivity index (χ3n) is 3.78. The van der Waals surface area contributed by atoms with Gasteiger partial charge in [0.15, 0.2) is 0 Å². The lowest BCUT2D eigenvalue weighted by molar-refractivity contribution is 0.0457. The first-order chi connectivity index (χ1) is 7.77. The van der Waals surface area contributed by atoms with Crippen molar-refractivity contribution in [2.45, 2.75) is 38.1 Å². The molecule has 92 valence electrons. The van der Waals surface area contributed by atoms with Crippen LogP contribution < -0.4 is 5.73 Å². The maximum atomic E-state index is 5.83. The zero-order valence-electron chi connectivity index (χ0n) is 9.86. The predicted molar refractivity (Wildman–Crippen MR) is 69.5 cm³/mol. The topological polar surface area (TPSA) is 38.5 Å². The molecule has 0 bridgehead atoms. The van der Waals surface area contributed by atoms with Gasteiger partial charge in [0.2, 0.25) is 0 Å². The maximum absolute atomic E-state index is 5.83. The summed E-state index contributed by atoms with van der Waals surface area (Å²) < 4.78 is 5.39. The summed E-state index contributed by atoms with van der Waals surface area (Å²) >= 11 is 5.17. The Hall–Kier alpha value is -0.190. The Labute approximate surface area is 103 Å². The van der Waals surface area contributed by atoms with Crippen molar-refractivity contribution < 1.29 is 4.74 Å². The summed E-state index contributed by atoms with van der Waals surface area (Å²) in [6.45, 7) is 4.18. The minimum absolute atomic E-state index is 0.353. The summed E-state index contributed by atoms with van der Waals surface area (Å²) in [6.07, 6.45) is 6.11. The summed E-state index contributed by atoms with van der Waals surface area (Å²) in [4.78, 5) is 3.19. The lowest BCUT2D eigenvalue weighted by Gasteiger charge is -2.38. The quantitative estimate of drug-likeness (QED) is 0.762. The van der Waals surface area contributed by atoms with Crippen LogP contribution in [0.1, 0.15) is 32.1 Å². The molecule has 1 atom stereocenters. The smallest absolute Gasteiger partial charge is 0.0902 e. The fourth-order valence-electron chi connectivity index (χ4n) is 2.79. The molecule has 0 aliphatic carbocycles. The second kappa shape index (κ2) is 5.94. The van der Waals surface area contributed by atoms with Crippen LogP contribution in [0, 0.1) is 5.92 Å². The van der Waals surface area contributed by atoms with E-state index in [0.29, 0.717) is 11.0 Å². The van der Waals surface area contributed by atoms with Crippen LogP contribution in [0.3, 0.4) is 0 Å². The molecule has 2 saturated heterocycles. The van der Waals surface area contributed by atoms with E-state index in [1.54, 1.807) is 0 Å². The number of hydrogen-bond donors (Lipinski definition) is 1. The van der Waals surface area contributed by atoms with E-state index in [2.05, 4.69) is 4.90 Å². The van der Waals surface area contributed by atoms with Crippen molar-refractivity contribution in [2.75, 3.05) is 26.3 Å². The van der Waals surface area contributed by atoms with Gasteiger partial charge in [-0.15, -0.1) is 0 Å². The van der Waals surface area contributed by atoms with Crippen molar-refractivity contribution in [3.8, 4) is 0 Å². The van der Waals surface area contributed by atoms with E-state index in [1.807, 2.05) is 0 Å². The minimum Gasteiger partial charge on any atom is -0.392 e. The highest BCUT2D eigenvalue weighted by Gasteiger charge is 2.27. The normalized spacial score (nSPS) is 29.1. The average molecular weight is 242 g/mol. The van der Waals surface area contributed by atoms with Crippen molar-refractivity contribution in [3.05, 3.63) is 0 Å². The van der Waals surface area contributed by atoms with Crippen LogP contribution >= 0.6 is 12.2 Å². The van der Waals surface area contributed by atoms with Gasteiger partial charge in [0.1, 0.15) is 0 Å². The average Bonchev–Trinajstić information content (AvgIpc) is 2.31. The van der Waals surface area contributed by atoms with E-state index in [-0.39, 0.29) is 0 Å². The van der Waals surface area contributed by atoms with Crippen LogP contribution in [0.5, 0.6) is 0 Å². The summed E-state index contributed by atoms with van der Waals surface area (Å²) in [7, 11) is 0. The predicted octanol–water partition coefficient (Wildman–Crippen LogP) is 1.55. The van der Waals surface area contributed by atoms with Crippen molar-refractivity contribution in [1.82, 2.24) is 4.90 Å². The molecule has 2 aliphatic rings. The lowest BCUT2D eigenvalue weighted by Crippen LogP contribution is -2.49. The number of nitrogens with two attached hydrogens (primary N) is 1. The molecule has 1 unspecified atom stereocenters. The van der Waals surface area contributed by atoms with E-state index in [4.69, 9.17) is 22.7 Å². The second-order valence-corrected chi connectivity index (χ2v) is 5.44. The third-order valence-corrected chi connectivity index (χ3v) is 4.05. The van der Waals surface area contributed by atoms with Crippen LogP contribution in [-0.4, -0.2) is 42.2 Å². The maximum Gasteiger partial charge on any atom is 0.0902 e. The first-order valence-electron chi connectivity index (χ1n) is 6.38. The number of likely N-dealkylation sites (tertiary alicyclic amines) is 1. The number of piperidine rings is 1. The highest BCUT2D eigenvalue weighted by atomic mass is 32.1. The van der Waals surface area contributed by atoms with Crippen LogP contribution in [0.15, 0.2) is 0 Å². The van der Waals surface area contributed by atoms with Crippen LogP contribution in [0.4, 0.5) is 0 Å². The number of hydrogen-bond acceptors (Lipinski definition) is 3. The fourth-order valence-corrected chi connectivity index (χ4v) is 3.06. The van der Waals surface area contributed by atoms with E-state index < -0.39 is 0 Å². The van der Waals surface area contributed by atoms with Gasteiger partial charge in [-0.2, -0.15) is 0 Å². The monoisotopic (exact) mass is 242 g/mol. The number of nitrogens with zero attached hydrogens (tertiary/aromatic N) is 1. The fraction of sp³-hybridized carbons (Fsp3) is 0.917. The second-order valence-electron chi connectivity index (χ2n) is 4.96. The van der Waals surface area contributed by atoms with Crippen molar-refractivity contribution in [2.24, 2.45) is 11.7 Å². The SMILES string of the molecule is NC(=S)C1CCCCN1CC1CCOCC1. The van der Waals surface area contributed by atoms with Gasteiger partial charge < -0.3 is 10.5 Å². The highest BCUT2D eigenvalue weighted by molar-refractivity contribution is 7.80. The summed E-state index contributed by atoms with van der Waals surface area (Å²) in [5.41, 5.74) is 5.83. The standard InChI is InChI=1S/C12H22N2OS/c13-12(16)11-3-1-2-6-14(11)9-10-4-7-15-8-5-10/h10-11H,1-9H2,(H2,13,16). The molecule has 3 nitrogen and oxygen atoms in total. The molecule has 2 rings (SSSR count). The lowest BCUT2D eigenvalue weighted by atomic mass is 9.95. The molecule has 0 amide bonds. The van der Waals surface area contributed by atoms with Gasteiger partial charge in [0, 0.05) is 19.8 Å². The third kappa shape index (κ3) is 3.15. The zero-order chi connectivity index (χ0) is 11.4. The number of thiocarbonyl (C=S) groups is 1. The Balaban J connectivity index is 1.87. The van der Waals surface area contributed by atoms with Gasteiger partial charge in [-0.05, 0) is 38.1 Å². The molecule has 0 aromatic rings. The Morgan fingerprint density at radius 3 is 2.69 bits per heavy atom.